The lowest BCUT2D eigenvalue weighted by Gasteiger charge is -2.38. The fraction of sp³-hybridized carbons (Fsp3) is 0.409. The average Bonchev–Trinajstić information content (AvgIpc) is 3.08. The normalized spacial score (nSPS) is 25.2. The van der Waals surface area contributed by atoms with Crippen LogP contribution >= 0.6 is 0 Å². The third kappa shape index (κ3) is 4.73. The monoisotopic (exact) mass is 449 g/mol. The van der Waals surface area contributed by atoms with Gasteiger partial charge in [-0.3, -0.25) is 4.79 Å². The van der Waals surface area contributed by atoms with Gasteiger partial charge in [-0.25, -0.2) is 12.8 Å². The van der Waals surface area contributed by atoms with Gasteiger partial charge in [0, 0.05) is 12.8 Å². The van der Waals surface area contributed by atoms with Crippen molar-refractivity contribution in [2.24, 2.45) is 0 Å². The molecule has 0 aliphatic carbocycles. The lowest BCUT2D eigenvalue weighted by Crippen LogP contribution is -2.59. The summed E-state index contributed by atoms with van der Waals surface area (Å²) >= 11 is 0. The molecule has 166 valence electrons. The Labute approximate surface area is 180 Å². The second-order valence-corrected chi connectivity index (χ2v) is 9.48. The molecule has 0 amide bonds. The van der Waals surface area contributed by atoms with E-state index in [0.717, 1.165) is 12.8 Å². The maximum Gasteiger partial charge on any atom is 0.327 e. The summed E-state index contributed by atoms with van der Waals surface area (Å²) in [6.45, 7) is 1.85. The molecule has 3 atom stereocenters. The van der Waals surface area contributed by atoms with E-state index in [0.29, 0.717) is 11.5 Å². The topological polar surface area (TPSA) is 90.9 Å². The molecule has 0 aromatic heterocycles. The van der Waals surface area contributed by atoms with Gasteiger partial charge in [0.2, 0.25) is 10.0 Å². The summed E-state index contributed by atoms with van der Waals surface area (Å²) in [7, 11) is -4.01. The third-order valence-electron chi connectivity index (χ3n) is 5.53. The lowest BCUT2D eigenvalue weighted by molar-refractivity contribution is -0.157. The van der Waals surface area contributed by atoms with Gasteiger partial charge >= 0.3 is 5.97 Å². The van der Waals surface area contributed by atoms with Crippen LogP contribution in [0.2, 0.25) is 0 Å². The maximum atomic E-state index is 13.1. The van der Waals surface area contributed by atoms with Gasteiger partial charge < -0.3 is 14.2 Å². The zero-order valence-corrected chi connectivity index (χ0v) is 17.9. The van der Waals surface area contributed by atoms with Crippen LogP contribution in [0.1, 0.15) is 32.6 Å². The van der Waals surface area contributed by atoms with Crippen LogP contribution in [0, 0.1) is 5.82 Å². The van der Waals surface area contributed by atoms with E-state index in [-0.39, 0.29) is 42.4 Å². The van der Waals surface area contributed by atoms with Gasteiger partial charge in [0.15, 0.2) is 0 Å². The molecule has 0 radical (unpaired) electrons. The zero-order valence-electron chi connectivity index (χ0n) is 17.0. The minimum Gasteiger partial charge on any atom is -0.465 e. The summed E-state index contributed by atoms with van der Waals surface area (Å²) in [6, 6.07) is 11.3. The average molecular weight is 450 g/mol. The molecule has 31 heavy (non-hydrogen) atoms. The number of ether oxygens (including phenoxy) is 3. The van der Waals surface area contributed by atoms with E-state index in [2.05, 4.69) is 4.72 Å². The van der Waals surface area contributed by atoms with Gasteiger partial charge in [-0.2, -0.15) is 4.72 Å². The first-order chi connectivity index (χ1) is 14.8. The van der Waals surface area contributed by atoms with E-state index in [1.165, 1.54) is 48.5 Å². The predicted molar refractivity (Wildman–Crippen MR) is 110 cm³/mol. The summed E-state index contributed by atoms with van der Waals surface area (Å²) < 4.78 is 58.5. The van der Waals surface area contributed by atoms with Crippen molar-refractivity contribution in [2.75, 3.05) is 6.61 Å². The molecule has 7 nitrogen and oxygen atoms in total. The smallest absolute Gasteiger partial charge is 0.327 e. The second kappa shape index (κ2) is 8.57. The van der Waals surface area contributed by atoms with E-state index in [1.54, 1.807) is 6.92 Å². The molecule has 0 saturated carbocycles. The Bertz CT molecular complexity index is 1030. The highest BCUT2D eigenvalue weighted by Crippen LogP contribution is 2.40. The SMILES string of the molecule is CCOC(=O)C1(NS(=O)(=O)c2ccc(Oc3ccc(F)cc3)cc2)C[C@H]2CC[C@@H](C1)O2. The van der Waals surface area contributed by atoms with Gasteiger partial charge in [-0.05, 0) is 68.3 Å². The molecule has 0 spiro atoms. The van der Waals surface area contributed by atoms with Gasteiger partial charge in [0.25, 0.3) is 0 Å². The van der Waals surface area contributed by atoms with Crippen LogP contribution in [0.3, 0.4) is 0 Å². The first-order valence-corrected chi connectivity index (χ1v) is 11.7. The van der Waals surface area contributed by atoms with Crippen molar-refractivity contribution in [3.8, 4) is 11.5 Å². The number of benzene rings is 2. The minimum absolute atomic E-state index is 0.00136. The molecular weight excluding hydrogens is 425 g/mol. The maximum absolute atomic E-state index is 13.1. The Balaban J connectivity index is 1.53. The molecule has 1 unspecified atom stereocenters. The molecule has 2 saturated heterocycles. The molecule has 2 aliphatic heterocycles. The summed E-state index contributed by atoms with van der Waals surface area (Å²) in [5.41, 5.74) is -1.35. The first-order valence-electron chi connectivity index (χ1n) is 10.2. The van der Waals surface area contributed by atoms with Crippen molar-refractivity contribution in [3.05, 3.63) is 54.3 Å². The lowest BCUT2D eigenvalue weighted by atomic mass is 9.87. The number of nitrogens with one attached hydrogen (secondary N) is 1. The second-order valence-electron chi connectivity index (χ2n) is 7.80. The molecule has 4 rings (SSSR count). The zero-order chi connectivity index (χ0) is 22.1. The third-order valence-corrected chi connectivity index (χ3v) is 7.08. The number of carbonyl (C=O) groups is 1. The fourth-order valence-electron chi connectivity index (χ4n) is 4.14. The van der Waals surface area contributed by atoms with E-state index in [9.17, 15) is 17.6 Å². The number of carbonyl (C=O) groups excluding carboxylic acids is 1. The Morgan fingerprint density at radius 3 is 2.16 bits per heavy atom. The van der Waals surface area contributed by atoms with Crippen LogP contribution in [0.25, 0.3) is 0 Å². The minimum atomic E-state index is -4.01. The summed E-state index contributed by atoms with van der Waals surface area (Å²) in [6.07, 6.45) is 1.74. The highest BCUT2D eigenvalue weighted by atomic mass is 32.2. The number of esters is 1. The molecule has 9 heteroatoms. The van der Waals surface area contributed by atoms with Crippen molar-refractivity contribution in [2.45, 2.75) is 55.2 Å². The molecule has 2 aromatic carbocycles. The Hall–Kier alpha value is -2.49. The van der Waals surface area contributed by atoms with E-state index in [1.807, 2.05) is 0 Å². The Kier molecular flexibility index (Phi) is 6.00. The van der Waals surface area contributed by atoms with Crippen LogP contribution in [-0.2, 0) is 24.3 Å². The highest BCUT2D eigenvalue weighted by molar-refractivity contribution is 7.89. The van der Waals surface area contributed by atoms with Crippen molar-refractivity contribution in [1.29, 1.82) is 0 Å². The van der Waals surface area contributed by atoms with Crippen molar-refractivity contribution in [1.82, 2.24) is 4.72 Å². The van der Waals surface area contributed by atoms with Crippen molar-refractivity contribution < 1.29 is 31.8 Å². The van der Waals surface area contributed by atoms with Crippen molar-refractivity contribution in [3.63, 3.8) is 0 Å². The van der Waals surface area contributed by atoms with Gasteiger partial charge in [0.1, 0.15) is 22.9 Å². The summed E-state index contributed by atoms with van der Waals surface area (Å²) in [4.78, 5) is 12.8. The number of rotatable bonds is 7. The number of sulfonamides is 1. The van der Waals surface area contributed by atoms with Crippen molar-refractivity contribution >= 4 is 16.0 Å². The highest BCUT2D eigenvalue weighted by Gasteiger charge is 2.52. The molecule has 2 heterocycles. The molecule has 2 aliphatic rings. The number of hydrogen-bond donors (Lipinski definition) is 1. The standard InChI is InChI=1S/C22H24FNO6S/c1-2-28-21(25)22(13-18-7-8-19(14-22)30-18)24-31(26,27)20-11-9-17(10-12-20)29-16-5-3-15(23)4-6-16/h3-6,9-12,18-19,24H,2,7-8,13-14H2,1H3/t18-,19+,22?. The van der Waals surface area contributed by atoms with E-state index < -0.39 is 21.5 Å². The molecular formula is C22H24FNO6S. The Morgan fingerprint density at radius 1 is 1.06 bits per heavy atom. The summed E-state index contributed by atoms with van der Waals surface area (Å²) in [5.74, 6) is -0.129. The molecule has 1 N–H and O–H groups in total. The van der Waals surface area contributed by atoms with Crippen LogP contribution in [0.15, 0.2) is 53.4 Å². The first kappa shape index (κ1) is 21.7. The van der Waals surface area contributed by atoms with Crippen LogP contribution in [-0.4, -0.2) is 38.7 Å². The van der Waals surface area contributed by atoms with E-state index in [4.69, 9.17) is 14.2 Å². The molecule has 2 fully saturated rings. The van der Waals surface area contributed by atoms with E-state index >= 15 is 0 Å². The molecule has 2 bridgehead atoms. The van der Waals surface area contributed by atoms with Crippen LogP contribution in [0.5, 0.6) is 11.5 Å². The predicted octanol–water partition coefficient (Wildman–Crippen LogP) is 3.54. The number of hydrogen-bond acceptors (Lipinski definition) is 6. The fourth-order valence-corrected chi connectivity index (χ4v) is 5.52. The quantitative estimate of drug-likeness (QED) is 0.651. The number of fused-ring (bicyclic) bond motifs is 2. The Morgan fingerprint density at radius 2 is 1.61 bits per heavy atom. The van der Waals surface area contributed by atoms with Crippen LogP contribution in [0.4, 0.5) is 4.39 Å². The molecule has 2 aromatic rings. The number of halogens is 1. The summed E-state index contributed by atoms with van der Waals surface area (Å²) in [5, 5.41) is 0. The van der Waals surface area contributed by atoms with Gasteiger partial charge in [-0.1, -0.05) is 0 Å². The van der Waals surface area contributed by atoms with Gasteiger partial charge in [-0.15, -0.1) is 0 Å². The largest absolute Gasteiger partial charge is 0.465 e. The van der Waals surface area contributed by atoms with Gasteiger partial charge in [0.05, 0.1) is 23.7 Å². The van der Waals surface area contributed by atoms with Crippen LogP contribution < -0.4 is 9.46 Å².